The molecule has 0 aromatic carbocycles. The first-order chi connectivity index (χ1) is 7.91. The van der Waals surface area contributed by atoms with Crippen LogP contribution >= 0.6 is 0 Å². The Morgan fingerprint density at radius 3 is 1.94 bits per heavy atom. The molecular weight excluding hydrogens is 192 g/mol. The summed E-state index contributed by atoms with van der Waals surface area (Å²) in [6.45, 7) is 5.94. The van der Waals surface area contributed by atoms with E-state index in [9.17, 15) is 0 Å². The normalized spacial score (nSPS) is 11.6. The number of hydrogen-bond donors (Lipinski definition) is 0. The van der Waals surface area contributed by atoms with E-state index in [0.29, 0.717) is 0 Å². The zero-order valence-corrected chi connectivity index (χ0v) is 11.0. The Bertz CT molecular complexity index is 186. The van der Waals surface area contributed by atoms with Crippen LogP contribution in [0.3, 0.4) is 0 Å². The summed E-state index contributed by atoms with van der Waals surface area (Å²) in [4.78, 5) is 0. The van der Waals surface area contributed by atoms with Crippen LogP contribution in [0.2, 0.25) is 0 Å². The summed E-state index contributed by atoms with van der Waals surface area (Å²) in [5, 5.41) is 0. The van der Waals surface area contributed by atoms with Gasteiger partial charge in [-0.25, -0.2) is 0 Å². The minimum Gasteiger partial charge on any atom is -0.103 e. The van der Waals surface area contributed by atoms with Crippen LogP contribution in [-0.2, 0) is 0 Å². The van der Waals surface area contributed by atoms with E-state index in [-0.39, 0.29) is 0 Å². The predicted octanol–water partition coefficient (Wildman–Crippen LogP) is 5.82. The van der Waals surface area contributed by atoms with Crippen molar-refractivity contribution in [2.45, 2.75) is 64.7 Å². The van der Waals surface area contributed by atoms with Gasteiger partial charge < -0.3 is 0 Å². The molecule has 0 aromatic rings. The summed E-state index contributed by atoms with van der Waals surface area (Å²) in [7, 11) is 0. The van der Waals surface area contributed by atoms with E-state index in [1.807, 2.05) is 6.08 Å². The highest BCUT2D eigenvalue weighted by Gasteiger charge is 1.87. The smallest absolute Gasteiger partial charge is 0.0348 e. The van der Waals surface area contributed by atoms with Gasteiger partial charge in [-0.15, -0.1) is 6.58 Å². The van der Waals surface area contributed by atoms with Gasteiger partial charge in [-0.2, -0.15) is 0 Å². The van der Waals surface area contributed by atoms with Crippen molar-refractivity contribution < 1.29 is 0 Å². The Hall–Kier alpha value is -0.780. The molecule has 0 amide bonds. The first-order valence-electron chi connectivity index (χ1n) is 6.84. The van der Waals surface area contributed by atoms with Gasteiger partial charge in [0.25, 0.3) is 0 Å². The average molecular weight is 220 g/mol. The molecule has 0 heterocycles. The van der Waals surface area contributed by atoms with Gasteiger partial charge in [0.05, 0.1) is 0 Å². The van der Waals surface area contributed by atoms with Crippen molar-refractivity contribution >= 4 is 0 Å². The second-order valence-corrected chi connectivity index (χ2v) is 4.28. The van der Waals surface area contributed by atoms with Crippen LogP contribution in [0.15, 0.2) is 37.0 Å². The zero-order chi connectivity index (χ0) is 11.9. The van der Waals surface area contributed by atoms with E-state index in [4.69, 9.17) is 0 Å². The van der Waals surface area contributed by atoms with E-state index in [0.717, 1.165) is 0 Å². The van der Waals surface area contributed by atoms with Gasteiger partial charge in [0, 0.05) is 0 Å². The summed E-state index contributed by atoms with van der Waals surface area (Å²) in [6, 6.07) is 0. The van der Waals surface area contributed by atoms with Crippen molar-refractivity contribution in [1.82, 2.24) is 0 Å². The Kier molecular flexibility index (Phi) is 13.5. The van der Waals surface area contributed by atoms with Crippen molar-refractivity contribution in [2.24, 2.45) is 0 Å². The molecule has 0 aliphatic carbocycles. The van der Waals surface area contributed by atoms with Gasteiger partial charge in [-0.1, -0.05) is 63.0 Å². The molecule has 0 atom stereocenters. The Morgan fingerprint density at radius 1 is 0.750 bits per heavy atom. The van der Waals surface area contributed by atoms with Crippen molar-refractivity contribution in [1.29, 1.82) is 0 Å². The molecule has 0 saturated heterocycles. The number of hydrogen-bond acceptors (Lipinski definition) is 0. The van der Waals surface area contributed by atoms with Crippen LogP contribution in [0, 0.1) is 0 Å². The molecule has 0 spiro atoms. The van der Waals surface area contributed by atoms with Gasteiger partial charge in [0.15, 0.2) is 0 Å². The quantitative estimate of drug-likeness (QED) is 0.234. The van der Waals surface area contributed by atoms with Crippen molar-refractivity contribution in [3.05, 3.63) is 37.0 Å². The van der Waals surface area contributed by atoms with E-state index in [1.165, 1.54) is 57.8 Å². The largest absolute Gasteiger partial charge is 0.103 e. The molecule has 0 unspecified atom stereocenters. The first-order valence-corrected chi connectivity index (χ1v) is 6.84. The van der Waals surface area contributed by atoms with E-state index in [1.54, 1.807) is 0 Å². The molecule has 92 valence electrons. The monoisotopic (exact) mass is 220 g/mol. The summed E-state index contributed by atoms with van der Waals surface area (Å²) < 4.78 is 0. The third-order valence-electron chi connectivity index (χ3n) is 2.62. The molecule has 0 bridgehead atoms. The third-order valence-corrected chi connectivity index (χ3v) is 2.62. The van der Waals surface area contributed by atoms with Crippen LogP contribution in [0.1, 0.15) is 64.7 Å². The van der Waals surface area contributed by atoms with Gasteiger partial charge >= 0.3 is 0 Å². The van der Waals surface area contributed by atoms with E-state index < -0.39 is 0 Å². The fourth-order valence-electron chi connectivity index (χ4n) is 1.60. The summed E-state index contributed by atoms with van der Waals surface area (Å²) in [5.41, 5.74) is 0. The number of allylic oxidation sites excluding steroid dienone is 5. The molecule has 0 rings (SSSR count). The molecular formula is C16H28. The van der Waals surface area contributed by atoms with Gasteiger partial charge in [-0.3, -0.25) is 0 Å². The highest BCUT2D eigenvalue weighted by molar-refractivity contribution is 5.02. The fourth-order valence-corrected chi connectivity index (χ4v) is 1.60. The lowest BCUT2D eigenvalue weighted by Crippen LogP contribution is -1.77. The average Bonchev–Trinajstić information content (AvgIpc) is 2.31. The molecule has 0 saturated carbocycles. The molecule has 0 nitrogen and oxygen atoms in total. The van der Waals surface area contributed by atoms with E-state index >= 15 is 0 Å². The standard InChI is InChI=1S/C16H28/c1-3-5-7-9-11-13-15-16-14-12-10-8-6-4-2/h3,8,10,12,14H,1,4-7,9,11,13,15-16H2,2H3/b10-8-,14-12+. The molecule has 16 heavy (non-hydrogen) atoms. The van der Waals surface area contributed by atoms with Crippen molar-refractivity contribution in [3.8, 4) is 0 Å². The molecule has 0 N–H and O–H groups in total. The lowest BCUT2D eigenvalue weighted by atomic mass is 10.1. The predicted molar refractivity (Wildman–Crippen MR) is 75.7 cm³/mol. The van der Waals surface area contributed by atoms with Crippen LogP contribution in [-0.4, -0.2) is 0 Å². The van der Waals surface area contributed by atoms with Gasteiger partial charge in [0.1, 0.15) is 0 Å². The van der Waals surface area contributed by atoms with Crippen molar-refractivity contribution in [3.63, 3.8) is 0 Å². The minimum absolute atomic E-state index is 1.18. The van der Waals surface area contributed by atoms with Crippen LogP contribution in [0.25, 0.3) is 0 Å². The molecule has 0 aliphatic heterocycles. The maximum atomic E-state index is 3.73. The Morgan fingerprint density at radius 2 is 1.31 bits per heavy atom. The zero-order valence-electron chi connectivity index (χ0n) is 11.0. The Balaban J connectivity index is 3.11. The minimum atomic E-state index is 1.18. The molecule has 0 fully saturated rings. The second kappa shape index (κ2) is 14.2. The molecule has 0 aromatic heterocycles. The number of unbranched alkanes of at least 4 members (excludes halogenated alkanes) is 7. The maximum absolute atomic E-state index is 3.73. The van der Waals surface area contributed by atoms with Gasteiger partial charge in [0.2, 0.25) is 0 Å². The van der Waals surface area contributed by atoms with Crippen LogP contribution in [0.4, 0.5) is 0 Å². The van der Waals surface area contributed by atoms with Crippen LogP contribution in [0.5, 0.6) is 0 Å². The van der Waals surface area contributed by atoms with Crippen molar-refractivity contribution in [2.75, 3.05) is 0 Å². The highest BCUT2D eigenvalue weighted by atomic mass is 13.9. The topological polar surface area (TPSA) is 0 Å². The van der Waals surface area contributed by atoms with E-state index in [2.05, 4.69) is 37.8 Å². The second-order valence-electron chi connectivity index (χ2n) is 4.28. The third kappa shape index (κ3) is 13.2. The summed E-state index contributed by atoms with van der Waals surface area (Å²) >= 11 is 0. The molecule has 0 heteroatoms. The molecule has 0 radical (unpaired) electrons. The lowest BCUT2D eigenvalue weighted by molar-refractivity contribution is 0.622. The number of rotatable bonds is 11. The maximum Gasteiger partial charge on any atom is -0.0348 e. The SMILES string of the molecule is C=CCCCCCCC/C=C/C=C\CCC. The fraction of sp³-hybridized carbons (Fsp3) is 0.625. The lowest BCUT2D eigenvalue weighted by Gasteiger charge is -1.97. The summed E-state index contributed by atoms with van der Waals surface area (Å²) in [5.74, 6) is 0. The summed E-state index contributed by atoms with van der Waals surface area (Å²) in [6.07, 6.45) is 22.6. The Labute approximate surface area is 102 Å². The molecule has 0 aliphatic rings. The van der Waals surface area contributed by atoms with Crippen LogP contribution < -0.4 is 0 Å². The van der Waals surface area contributed by atoms with Gasteiger partial charge in [-0.05, 0) is 32.1 Å². The first kappa shape index (κ1) is 15.2. The highest BCUT2D eigenvalue weighted by Crippen LogP contribution is 2.07.